The van der Waals surface area contributed by atoms with Gasteiger partial charge in [-0.3, -0.25) is 0 Å². The number of fused-ring (bicyclic) bond motifs is 9. The number of aromatic nitrogens is 9. The Labute approximate surface area is 337 Å². The van der Waals surface area contributed by atoms with Gasteiger partial charge in [-0.1, -0.05) is 109 Å². The topological polar surface area (TPSA) is 95.4 Å². The predicted molar refractivity (Wildman–Crippen MR) is 238 cm³/mol. The molecule has 0 saturated carbocycles. The van der Waals surface area contributed by atoms with E-state index in [0.717, 1.165) is 83.2 Å². The largest absolute Gasteiger partial charge is 0.304 e. The molecular weight excluding hydrogens is 729 g/mol. The zero-order valence-corrected chi connectivity index (χ0v) is 32.4. The third kappa shape index (κ3) is 4.99. The van der Waals surface area contributed by atoms with Gasteiger partial charge in [0.15, 0.2) is 0 Å². The second kappa shape index (κ2) is 12.5. The Morgan fingerprint density at radius 3 is 1.53 bits per heavy atom. The number of benzene rings is 9. The molecule has 0 N–H and O–H groups in total. The minimum atomic E-state index is 0.741. The summed E-state index contributed by atoms with van der Waals surface area (Å²) in [5.41, 5.74) is 11.3. The van der Waals surface area contributed by atoms with Crippen LogP contribution in [0, 0.1) is 0 Å². The standard InChI is InChI=1S/C49H34N10/c1-56-50-41-20-11-21-42(47(41)53-56)59(43-26-24-38(45-48(43)54-57(2)51-45)35-19-10-18-34-31-14-6-4-12-29(31)22-23-37(34)35)44-27-25-39(46-49(44)55-58(3)52-46)40-28-30-13-5-7-15-32(30)33-16-8-9-17-36(33)40/h4-28H,1-3H3. The second-order valence-corrected chi connectivity index (χ2v) is 15.1. The molecule has 0 amide bonds. The monoisotopic (exact) mass is 762 g/mol. The molecule has 280 valence electrons. The predicted octanol–water partition coefficient (Wildman–Crippen LogP) is 10.9. The van der Waals surface area contributed by atoms with Crippen molar-refractivity contribution in [1.29, 1.82) is 0 Å². The highest BCUT2D eigenvalue weighted by atomic mass is 15.5. The van der Waals surface area contributed by atoms with Gasteiger partial charge in [0, 0.05) is 32.3 Å². The summed E-state index contributed by atoms with van der Waals surface area (Å²) in [5, 5.41) is 39.4. The van der Waals surface area contributed by atoms with Crippen LogP contribution in [-0.4, -0.2) is 45.0 Å². The van der Waals surface area contributed by atoms with E-state index >= 15 is 0 Å². The number of anilines is 3. The Balaban J connectivity index is 1.13. The van der Waals surface area contributed by atoms with Crippen LogP contribution in [0.25, 0.3) is 98.4 Å². The maximum absolute atomic E-state index is 5.09. The molecular formula is C49H34N10. The molecule has 10 nitrogen and oxygen atoms in total. The molecule has 59 heavy (non-hydrogen) atoms. The van der Waals surface area contributed by atoms with Gasteiger partial charge in [0.25, 0.3) is 0 Å². The number of hydrogen-bond donors (Lipinski definition) is 0. The van der Waals surface area contributed by atoms with Gasteiger partial charge in [-0.15, -0.1) is 0 Å². The summed E-state index contributed by atoms with van der Waals surface area (Å²) >= 11 is 0. The molecule has 0 spiro atoms. The Morgan fingerprint density at radius 2 is 0.814 bits per heavy atom. The van der Waals surface area contributed by atoms with Crippen molar-refractivity contribution in [3.63, 3.8) is 0 Å². The van der Waals surface area contributed by atoms with Crippen LogP contribution in [0.3, 0.4) is 0 Å². The van der Waals surface area contributed by atoms with E-state index in [1.54, 1.807) is 14.4 Å². The van der Waals surface area contributed by atoms with Gasteiger partial charge in [-0.05, 0) is 96.7 Å². The van der Waals surface area contributed by atoms with Crippen LogP contribution in [0.2, 0.25) is 0 Å². The lowest BCUT2D eigenvalue weighted by atomic mass is 9.92. The van der Waals surface area contributed by atoms with Gasteiger partial charge in [-0.25, -0.2) is 0 Å². The number of aryl methyl sites for hydroxylation is 3. The molecule has 0 bridgehead atoms. The summed E-state index contributed by atoms with van der Waals surface area (Å²) in [5.74, 6) is 0. The first-order valence-electron chi connectivity index (χ1n) is 19.6. The number of hydrogen-bond acceptors (Lipinski definition) is 7. The van der Waals surface area contributed by atoms with E-state index in [2.05, 4.69) is 144 Å². The average Bonchev–Trinajstić information content (AvgIpc) is 3.98. The molecule has 0 saturated heterocycles. The van der Waals surface area contributed by atoms with Crippen molar-refractivity contribution in [3.05, 3.63) is 152 Å². The van der Waals surface area contributed by atoms with Crippen molar-refractivity contribution < 1.29 is 0 Å². The minimum absolute atomic E-state index is 0.741. The first-order chi connectivity index (χ1) is 29.0. The second-order valence-electron chi connectivity index (χ2n) is 15.1. The van der Waals surface area contributed by atoms with Gasteiger partial charge < -0.3 is 4.90 Å². The zero-order valence-electron chi connectivity index (χ0n) is 32.4. The summed E-state index contributed by atoms with van der Waals surface area (Å²) in [6.07, 6.45) is 0. The maximum Gasteiger partial charge on any atom is 0.137 e. The Morgan fingerprint density at radius 1 is 0.322 bits per heavy atom. The van der Waals surface area contributed by atoms with E-state index in [4.69, 9.17) is 30.6 Å². The average molecular weight is 763 g/mol. The van der Waals surface area contributed by atoms with Crippen molar-refractivity contribution in [2.75, 3.05) is 4.90 Å². The summed E-state index contributed by atoms with van der Waals surface area (Å²) in [4.78, 5) is 7.13. The fourth-order valence-corrected chi connectivity index (χ4v) is 9.10. The third-order valence-corrected chi connectivity index (χ3v) is 11.6. The van der Waals surface area contributed by atoms with Crippen LogP contribution in [0.15, 0.2) is 152 Å². The zero-order chi connectivity index (χ0) is 39.4. The maximum atomic E-state index is 5.09. The van der Waals surface area contributed by atoms with Crippen LogP contribution in [0.1, 0.15) is 0 Å². The smallest absolute Gasteiger partial charge is 0.137 e. The summed E-state index contributed by atoms with van der Waals surface area (Å²) in [7, 11) is 5.60. The van der Waals surface area contributed by atoms with Gasteiger partial charge in [0.1, 0.15) is 33.1 Å². The fraction of sp³-hybridized carbons (Fsp3) is 0.0612. The van der Waals surface area contributed by atoms with E-state index in [1.165, 1.54) is 32.3 Å². The molecule has 0 aliphatic heterocycles. The van der Waals surface area contributed by atoms with Crippen molar-refractivity contribution in [2.24, 2.45) is 21.1 Å². The minimum Gasteiger partial charge on any atom is -0.304 e. The molecule has 3 aromatic heterocycles. The molecule has 0 fully saturated rings. The SMILES string of the molecule is Cn1nc2cccc(N(c3ccc(-c4cccc5c4ccc4ccccc45)c4nn(C)nc34)c3ccc(-c4cc5ccccc5c5ccccc45)c4nn(C)nc34)c2n1. The molecule has 12 rings (SSSR count). The Kier molecular flexibility index (Phi) is 7.04. The molecule has 0 aliphatic carbocycles. The summed E-state index contributed by atoms with van der Waals surface area (Å²) in [6.45, 7) is 0. The molecule has 12 aromatic rings. The molecule has 10 heteroatoms. The quantitative estimate of drug-likeness (QED) is 0.161. The molecule has 0 atom stereocenters. The van der Waals surface area contributed by atoms with E-state index < -0.39 is 0 Å². The van der Waals surface area contributed by atoms with Gasteiger partial charge in [-0.2, -0.15) is 45.0 Å². The lowest BCUT2D eigenvalue weighted by molar-refractivity contribution is 0.665. The van der Waals surface area contributed by atoms with Crippen LogP contribution < -0.4 is 4.90 Å². The molecule has 3 heterocycles. The van der Waals surface area contributed by atoms with Crippen molar-refractivity contribution in [1.82, 2.24) is 45.0 Å². The van der Waals surface area contributed by atoms with Crippen LogP contribution in [0.4, 0.5) is 17.1 Å². The third-order valence-electron chi connectivity index (χ3n) is 11.6. The van der Waals surface area contributed by atoms with Gasteiger partial charge in [0.05, 0.1) is 17.1 Å². The van der Waals surface area contributed by atoms with E-state index in [0.29, 0.717) is 0 Å². The van der Waals surface area contributed by atoms with Crippen molar-refractivity contribution in [2.45, 2.75) is 0 Å². The first-order valence-corrected chi connectivity index (χ1v) is 19.6. The highest BCUT2D eigenvalue weighted by Crippen LogP contribution is 2.47. The van der Waals surface area contributed by atoms with Gasteiger partial charge in [0.2, 0.25) is 0 Å². The van der Waals surface area contributed by atoms with E-state index in [-0.39, 0.29) is 0 Å². The van der Waals surface area contributed by atoms with Crippen LogP contribution in [0.5, 0.6) is 0 Å². The Hall–Kier alpha value is -7.98. The van der Waals surface area contributed by atoms with E-state index in [9.17, 15) is 0 Å². The fourth-order valence-electron chi connectivity index (χ4n) is 9.10. The van der Waals surface area contributed by atoms with Crippen molar-refractivity contribution in [3.8, 4) is 22.3 Å². The van der Waals surface area contributed by atoms with Gasteiger partial charge >= 0.3 is 0 Å². The lowest BCUT2D eigenvalue weighted by Crippen LogP contribution is -2.12. The lowest BCUT2D eigenvalue weighted by Gasteiger charge is -2.26. The highest BCUT2D eigenvalue weighted by Gasteiger charge is 2.27. The number of nitrogens with zero attached hydrogens (tertiary/aromatic N) is 10. The molecule has 0 radical (unpaired) electrons. The number of rotatable bonds is 5. The molecule has 9 aromatic carbocycles. The Bertz CT molecular complexity index is 3690. The van der Waals surface area contributed by atoms with Crippen LogP contribution in [-0.2, 0) is 21.1 Å². The summed E-state index contributed by atoms with van der Waals surface area (Å²) in [6, 6.07) is 53.6. The molecule has 0 unspecified atom stereocenters. The summed E-state index contributed by atoms with van der Waals surface area (Å²) < 4.78 is 0. The van der Waals surface area contributed by atoms with Crippen LogP contribution >= 0.6 is 0 Å². The van der Waals surface area contributed by atoms with Crippen molar-refractivity contribution >= 4 is 93.3 Å². The molecule has 0 aliphatic rings. The highest BCUT2D eigenvalue weighted by molar-refractivity contribution is 6.18. The van der Waals surface area contributed by atoms with E-state index in [1.807, 2.05) is 33.3 Å². The normalized spacial score (nSPS) is 12.0. The first kappa shape index (κ1) is 33.2.